The smallest absolute Gasteiger partial charge is 0.248 e. The maximum atomic E-state index is 13.0. The van der Waals surface area contributed by atoms with E-state index in [0.29, 0.717) is 30.2 Å². The van der Waals surface area contributed by atoms with Crippen LogP contribution in [0.4, 0.5) is 11.4 Å². The summed E-state index contributed by atoms with van der Waals surface area (Å²) >= 11 is 0. The Morgan fingerprint density at radius 1 is 1.07 bits per heavy atom. The number of carbonyl (C=O) groups excluding carboxylic acids is 1. The van der Waals surface area contributed by atoms with Gasteiger partial charge in [-0.2, -0.15) is 0 Å². The summed E-state index contributed by atoms with van der Waals surface area (Å²) in [6, 6.07) is 13.4. The van der Waals surface area contributed by atoms with Crippen LogP contribution in [0.2, 0.25) is 0 Å². The Labute approximate surface area is 167 Å². The van der Waals surface area contributed by atoms with Gasteiger partial charge in [0.15, 0.2) is 0 Å². The Bertz CT molecular complexity index is 895. The molecular formula is C21H28N2O4S. The molecule has 0 spiro atoms. The number of nitrogens with one attached hydrogen (secondary N) is 1. The highest BCUT2D eigenvalue weighted by Gasteiger charge is 2.31. The maximum Gasteiger partial charge on any atom is 0.248 e. The molecule has 0 saturated carbocycles. The number of para-hydroxylation sites is 1. The van der Waals surface area contributed by atoms with Crippen LogP contribution in [0.3, 0.4) is 0 Å². The molecule has 1 atom stereocenters. The van der Waals surface area contributed by atoms with Crippen molar-refractivity contribution >= 4 is 27.3 Å². The molecule has 0 aliphatic heterocycles. The van der Waals surface area contributed by atoms with Gasteiger partial charge in [0.25, 0.3) is 0 Å². The molecule has 7 heteroatoms. The van der Waals surface area contributed by atoms with Gasteiger partial charge in [-0.25, -0.2) is 8.42 Å². The van der Waals surface area contributed by atoms with Gasteiger partial charge in [0.1, 0.15) is 11.8 Å². The minimum absolute atomic E-state index is 0.334. The molecule has 0 radical (unpaired) electrons. The predicted molar refractivity (Wildman–Crippen MR) is 113 cm³/mol. The van der Waals surface area contributed by atoms with Gasteiger partial charge in [-0.3, -0.25) is 9.10 Å². The minimum Gasteiger partial charge on any atom is -0.494 e. The van der Waals surface area contributed by atoms with Crippen molar-refractivity contribution < 1.29 is 17.9 Å². The normalized spacial score (nSPS) is 12.3. The minimum atomic E-state index is -3.68. The SMILES string of the molecule is CCOc1ccc(N([C@@H](CC)C(=O)Nc2ccccc2CC)S(C)(=O)=O)cc1. The molecule has 152 valence electrons. The second kappa shape index (κ2) is 9.59. The van der Waals surface area contributed by atoms with E-state index < -0.39 is 16.1 Å². The lowest BCUT2D eigenvalue weighted by atomic mass is 10.1. The van der Waals surface area contributed by atoms with E-state index in [2.05, 4.69) is 5.32 Å². The van der Waals surface area contributed by atoms with Crippen molar-refractivity contribution in [2.24, 2.45) is 0 Å². The summed E-state index contributed by atoms with van der Waals surface area (Å²) in [5.74, 6) is 0.289. The fraction of sp³-hybridized carbons (Fsp3) is 0.381. The highest BCUT2D eigenvalue weighted by atomic mass is 32.2. The first kappa shape index (κ1) is 21.8. The number of hydrogen-bond donors (Lipinski definition) is 1. The summed E-state index contributed by atoms with van der Waals surface area (Å²) in [6.07, 6.45) is 2.21. The third kappa shape index (κ3) is 5.25. The third-order valence-electron chi connectivity index (χ3n) is 4.39. The van der Waals surface area contributed by atoms with Gasteiger partial charge < -0.3 is 10.1 Å². The number of aryl methyl sites for hydroxylation is 1. The monoisotopic (exact) mass is 404 g/mol. The lowest BCUT2D eigenvalue weighted by Gasteiger charge is -2.30. The topological polar surface area (TPSA) is 75.7 Å². The number of benzene rings is 2. The van der Waals surface area contributed by atoms with Crippen molar-refractivity contribution in [2.45, 2.75) is 39.7 Å². The zero-order valence-corrected chi connectivity index (χ0v) is 17.6. The van der Waals surface area contributed by atoms with Crippen molar-refractivity contribution in [3.8, 4) is 5.75 Å². The van der Waals surface area contributed by atoms with Crippen LogP contribution in [0, 0.1) is 0 Å². The van der Waals surface area contributed by atoms with E-state index in [4.69, 9.17) is 4.74 Å². The summed E-state index contributed by atoms with van der Waals surface area (Å²) in [5, 5.41) is 2.90. The van der Waals surface area contributed by atoms with Gasteiger partial charge in [-0.05, 0) is 55.7 Å². The Balaban J connectivity index is 2.36. The van der Waals surface area contributed by atoms with Crippen LogP contribution in [0.1, 0.15) is 32.8 Å². The molecule has 0 aliphatic carbocycles. The highest BCUT2D eigenvalue weighted by molar-refractivity contribution is 7.92. The number of carbonyl (C=O) groups is 1. The van der Waals surface area contributed by atoms with Crippen molar-refractivity contribution in [3.05, 3.63) is 54.1 Å². The quantitative estimate of drug-likeness (QED) is 0.689. The molecule has 2 aromatic rings. The van der Waals surface area contributed by atoms with Gasteiger partial charge >= 0.3 is 0 Å². The van der Waals surface area contributed by atoms with Crippen molar-refractivity contribution in [2.75, 3.05) is 22.5 Å². The lowest BCUT2D eigenvalue weighted by Crippen LogP contribution is -2.47. The molecule has 0 unspecified atom stereocenters. The summed E-state index contributed by atoms with van der Waals surface area (Å²) < 4.78 is 31.7. The van der Waals surface area contributed by atoms with E-state index in [0.717, 1.165) is 18.2 Å². The molecular weight excluding hydrogens is 376 g/mol. The number of ether oxygens (including phenoxy) is 1. The Morgan fingerprint density at radius 2 is 1.71 bits per heavy atom. The van der Waals surface area contributed by atoms with E-state index in [1.807, 2.05) is 38.1 Å². The molecule has 0 fully saturated rings. The number of sulfonamides is 1. The maximum absolute atomic E-state index is 13.0. The number of rotatable bonds is 9. The zero-order chi connectivity index (χ0) is 20.7. The molecule has 28 heavy (non-hydrogen) atoms. The van der Waals surface area contributed by atoms with E-state index in [1.54, 1.807) is 31.2 Å². The van der Waals surface area contributed by atoms with Gasteiger partial charge in [-0.1, -0.05) is 32.0 Å². The number of nitrogens with zero attached hydrogens (tertiary/aromatic N) is 1. The largest absolute Gasteiger partial charge is 0.494 e. The number of anilines is 2. The van der Waals surface area contributed by atoms with Crippen LogP contribution in [-0.2, 0) is 21.2 Å². The van der Waals surface area contributed by atoms with Crippen LogP contribution in [0.15, 0.2) is 48.5 Å². The van der Waals surface area contributed by atoms with Crippen LogP contribution in [-0.4, -0.2) is 33.2 Å². The lowest BCUT2D eigenvalue weighted by molar-refractivity contribution is -0.117. The average molecular weight is 405 g/mol. The standard InChI is InChI=1S/C21H28N2O4S/c1-5-16-10-8-9-11-19(16)22-21(24)20(6-2)23(28(4,25)26)17-12-14-18(15-13-17)27-7-3/h8-15,20H,5-7H2,1-4H3,(H,22,24)/t20-/m0/s1. The van der Waals surface area contributed by atoms with Crippen LogP contribution in [0.25, 0.3) is 0 Å². The van der Waals surface area contributed by atoms with Gasteiger partial charge in [0.2, 0.25) is 15.9 Å². The van der Waals surface area contributed by atoms with Gasteiger partial charge in [0, 0.05) is 5.69 Å². The molecule has 0 aromatic heterocycles. The Morgan fingerprint density at radius 3 is 2.25 bits per heavy atom. The molecule has 0 aliphatic rings. The van der Waals surface area contributed by atoms with Crippen LogP contribution >= 0.6 is 0 Å². The number of amides is 1. The zero-order valence-electron chi connectivity index (χ0n) is 16.8. The Kier molecular flexibility index (Phi) is 7.45. The second-order valence-electron chi connectivity index (χ2n) is 6.41. The predicted octanol–water partition coefficient (Wildman–Crippen LogP) is 3.83. The molecule has 1 amide bonds. The summed E-state index contributed by atoms with van der Waals surface area (Å²) in [5.41, 5.74) is 2.13. The second-order valence-corrected chi connectivity index (χ2v) is 8.27. The fourth-order valence-electron chi connectivity index (χ4n) is 3.08. The molecule has 0 bridgehead atoms. The van der Waals surface area contributed by atoms with E-state index in [1.165, 1.54) is 4.31 Å². The molecule has 2 rings (SSSR count). The Hall–Kier alpha value is -2.54. The summed E-state index contributed by atoms with van der Waals surface area (Å²) in [7, 11) is -3.68. The molecule has 1 N–H and O–H groups in total. The molecule has 2 aromatic carbocycles. The fourth-order valence-corrected chi connectivity index (χ4v) is 4.29. The van der Waals surface area contributed by atoms with Crippen molar-refractivity contribution in [3.63, 3.8) is 0 Å². The first-order valence-corrected chi connectivity index (χ1v) is 11.3. The van der Waals surface area contributed by atoms with Gasteiger partial charge in [0.05, 0.1) is 18.6 Å². The third-order valence-corrected chi connectivity index (χ3v) is 5.57. The van der Waals surface area contributed by atoms with Crippen LogP contribution < -0.4 is 14.4 Å². The highest BCUT2D eigenvalue weighted by Crippen LogP contribution is 2.26. The van der Waals surface area contributed by atoms with E-state index >= 15 is 0 Å². The first-order chi connectivity index (χ1) is 13.3. The van der Waals surface area contributed by atoms with E-state index in [9.17, 15) is 13.2 Å². The van der Waals surface area contributed by atoms with Crippen LogP contribution in [0.5, 0.6) is 5.75 Å². The average Bonchev–Trinajstić information content (AvgIpc) is 2.66. The molecule has 6 nitrogen and oxygen atoms in total. The number of hydrogen-bond acceptors (Lipinski definition) is 4. The molecule has 0 saturated heterocycles. The van der Waals surface area contributed by atoms with Crippen molar-refractivity contribution in [1.82, 2.24) is 0 Å². The van der Waals surface area contributed by atoms with E-state index in [-0.39, 0.29) is 5.91 Å². The molecule has 0 heterocycles. The van der Waals surface area contributed by atoms with Crippen molar-refractivity contribution in [1.29, 1.82) is 0 Å². The summed E-state index contributed by atoms with van der Waals surface area (Å²) in [4.78, 5) is 13.0. The summed E-state index contributed by atoms with van der Waals surface area (Å²) in [6.45, 7) is 6.20. The first-order valence-electron chi connectivity index (χ1n) is 9.42. The van der Waals surface area contributed by atoms with Gasteiger partial charge in [-0.15, -0.1) is 0 Å².